The highest BCUT2D eigenvalue weighted by molar-refractivity contribution is 6.03. The molecule has 0 saturated carbocycles. The number of aromatic amines is 1. The first-order chi connectivity index (χ1) is 13.7. The molecule has 28 heavy (non-hydrogen) atoms. The van der Waals surface area contributed by atoms with Crippen LogP contribution in [-0.4, -0.2) is 33.1 Å². The standard InChI is InChI=1S/C23H22N4O/c28-23(8-12-24-13-9-23)18-5-3-16(4-6-18)19-7-11-26-22-21(19)20(15-27-22)17-2-1-10-25-14-17/h1-7,10-11,14-15,24,28H,8-9,12-13H2,(H,26,27). The highest BCUT2D eigenvalue weighted by atomic mass is 16.3. The number of hydrogen-bond acceptors (Lipinski definition) is 4. The number of fused-ring (bicyclic) bond motifs is 1. The lowest BCUT2D eigenvalue weighted by atomic mass is 9.84. The van der Waals surface area contributed by atoms with Crippen molar-refractivity contribution in [2.45, 2.75) is 18.4 Å². The Kier molecular flexibility index (Phi) is 4.19. The summed E-state index contributed by atoms with van der Waals surface area (Å²) in [5.41, 5.74) is 5.50. The lowest BCUT2D eigenvalue weighted by Gasteiger charge is -2.33. The summed E-state index contributed by atoms with van der Waals surface area (Å²) in [5.74, 6) is 0. The van der Waals surface area contributed by atoms with Crippen LogP contribution in [0.1, 0.15) is 18.4 Å². The van der Waals surface area contributed by atoms with Gasteiger partial charge in [-0.1, -0.05) is 30.3 Å². The third kappa shape index (κ3) is 2.89. The van der Waals surface area contributed by atoms with Gasteiger partial charge in [0.2, 0.25) is 0 Å². The molecule has 5 nitrogen and oxygen atoms in total. The normalized spacial score (nSPS) is 16.3. The van der Waals surface area contributed by atoms with Crippen LogP contribution in [0.5, 0.6) is 0 Å². The number of nitrogens with one attached hydrogen (secondary N) is 2. The van der Waals surface area contributed by atoms with Crippen LogP contribution in [0.2, 0.25) is 0 Å². The second-order valence-electron chi connectivity index (χ2n) is 7.39. The summed E-state index contributed by atoms with van der Waals surface area (Å²) in [6, 6.07) is 14.4. The van der Waals surface area contributed by atoms with Crippen LogP contribution in [-0.2, 0) is 5.60 Å². The van der Waals surface area contributed by atoms with Crippen molar-refractivity contribution < 1.29 is 5.11 Å². The molecule has 3 aromatic heterocycles. The van der Waals surface area contributed by atoms with Crippen LogP contribution in [0.4, 0.5) is 0 Å². The molecular weight excluding hydrogens is 348 g/mol. The summed E-state index contributed by atoms with van der Waals surface area (Å²) >= 11 is 0. The smallest absolute Gasteiger partial charge is 0.138 e. The minimum Gasteiger partial charge on any atom is -0.385 e. The maximum absolute atomic E-state index is 11.0. The van der Waals surface area contributed by atoms with E-state index >= 15 is 0 Å². The van der Waals surface area contributed by atoms with Crippen molar-refractivity contribution in [2.24, 2.45) is 0 Å². The number of hydrogen-bond donors (Lipinski definition) is 3. The molecule has 0 bridgehead atoms. The van der Waals surface area contributed by atoms with Gasteiger partial charge in [0.25, 0.3) is 0 Å². The van der Waals surface area contributed by atoms with E-state index in [2.05, 4.69) is 50.6 Å². The van der Waals surface area contributed by atoms with Crippen LogP contribution >= 0.6 is 0 Å². The number of aromatic nitrogens is 3. The summed E-state index contributed by atoms with van der Waals surface area (Å²) in [4.78, 5) is 12.0. The average Bonchev–Trinajstić information content (AvgIpc) is 3.19. The fourth-order valence-corrected chi connectivity index (χ4v) is 4.14. The first-order valence-corrected chi connectivity index (χ1v) is 9.65. The molecule has 5 heteroatoms. The molecule has 0 spiro atoms. The van der Waals surface area contributed by atoms with Crippen molar-refractivity contribution in [1.82, 2.24) is 20.3 Å². The van der Waals surface area contributed by atoms with E-state index in [4.69, 9.17) is 0 Å². The van der Waals surface area contributed by atoms with Gasteiger partial charge in [0.05, 0.1) is 5.60 Å². The van der Waals surface area contributed by atoms with E-state index in [0.717, 1.165) is 64.8 Å². The Morgan fingerprint density at radius 3 is 2.46 bits per heavy atom. The average molecular weight is 370 g/mol. The van der Waals surface area contributed by atoms with Crippen molar-refractivity contribution in [2.75, 3.05) is 13.1 Å². The van der Waals surface area contributed by atoms with Crippen LogP contribution in [0.15, 0.2) is 67.3 Å². The number of aliphatic hydroxyl groups is 1. The maximum Gasteiger partial charge on any atom is 0.138 e. The molecule has 1 fully saturated rings. The summed E-state index contributed by atoms with van der Waals surface area (Å²) in [6.45, 7) is 1.70. The molecule has 1 aliphatic heterocycles. The molecule has 3 N–H and O–H groups in total. The van der Waals surface area contributed by atoms with Crippen molar-refractivity contribution in [3.05, 3.63) is 72.8 Å². The molecular formula is C23H22N4O. The number of rotatable bonds is 3. The van der Waals surface area contributed by atoms with Crippen LogP contribution < -0.4 is 5.32 Å². The molecule has 1 aromatic carbocycles. The van der Waals surface area contributed by atoms with Gasteiger partial charge in [0.1, 0.15) is 5.65 Å². The van der Waals surface area contributed by atoms with E-state index in [0.29, 0.717) is 0 Å². The molecule has 1 aliphatic rings. The third-order valence-electron chi connectivity index (χ3n) is 5.71. The minimum atomic E-state index is -0.730. The Labute approximate surface area is 163 Å². The third-order valence-corrected chi connectivity index (χ3v) is 5.71. The number of pyridine rings is 2. The lowest BCUT2D eigenvalue weighted by Crippen LogP contribution is -2.39. The zero-order valence-electron chi connectivity index (χ0n) is 15.5. The highest BCUT2D eigenvalue weighted by Gasteiger charge is 2.30. The second-order valence-corrected chi connectivity index (χ2v) is 7.39. The van der Waals surface area contributed by atoms with Gasteiger partial charge in [-0.2, -0.15) is 0 Å². The highest BCUT2D eigenvalue weighted by Crippen LogP contribution is 2.37. The SMILES string of the molecule is OC1(c2ccc(-c3ccnc4[nH]cc(-c5cccnc5)c34)cc2)CCNCC1. The van der Waals surface area contributed by atoms with Crippen LogP contribution in [0.3, 0.4) is 0 Å². The number of piperidine rings is 1. The van der Waals surface area contributed by atoms with Crippen molar-refractivity contribution in [3.8, 4) is 22.3 Å². The minimum absolute atomic E-state index is 0.730. The van der Waals surface area contributed by atoms with E-state index in [-0.39, 0.29) is 0 Å². The Bertz CT molecular complexity index is 1100. The van der Waals surface area contributed by atoms with Gasteiger partial charge >= 0.3 is 0 Å². The predicted octanol–water partition coefficient (Wildman–Crippen LogP) is 3.86. The Hall–Kier alpha value is -3.02. The van der Waals surface area contributed by atoms with Gasteiger partial charge in [0.15, 0.2) is 0 Å². The zero-order valence-corrected chi connectivity index (χ0v) is 15.5. The first-order valence-electron chi connectivity index (χ1n) is 9.65. The quantitative estimate of drug-likeness (QED) is 0.512. The van der Waals surface area contributed by atoms with E-state index < -0.39 is 5.60 Å². The van der Waals surface area contributed by atoms with Gasteiger partial charge < -0.3 is 15.4 Å². The number of nitrogens with zero attached hydrogens (tertiary/aromatic N) is 2. The van der Waals surface area contributed by atoms with Crippen LogP contribution in [0, 0.1) is 0 Å². The fraction of sp³-hybridized carbons (Fsp3) is 0.217. The first kappa shape index (κ1) is 17.1. The molecule has 0 atom stereocenters. The predicted molar refractivity (Wildman–Crippen MR) is 111 cm³/mol. The summed E-state index contributed by atoms with van der Waals surface area (Å²) in [7, 11) is 0. The molecule has 0 unspecified atom stereocenters. The number of benzene rings is 1. The molecule has 4 heterocycles. The van der Waals surface area contributed by atoms with Gasteiger partial charge in [-0.25, -0.2) is 4.98 Å². The van der Waals surface area contributed by atoms with E-state index in [1.807, 2.05) is 30.7 Å². The van der Waals surface area contributed by atoms with Gasteiger partial charge in [-0.05, 0) is 54.8 Å². The Morgan fingerprint density at radius 2 is 1.71 bits per heavy atom. The van der Waals surface area contributed by atoms with E-state index in [1.54, 1.807) is 6.20 Å². The van der Waals surface area contributed by atoms with Gasteiger partial charge in [-0.3, -0.25) is 4.98 Å². The van der Waals surface area contributed by atoms with E-state index in [9.17, 15) is 5.11 Å². The van der Waals surface area contributed by atoms with Crippen LogP contribution in [0.25, 0.3) is 33.3 Å². The second kappa shape index (κ2) is 6.86. The monoisotopic (exact) mass is 370 g/mol. The topological polar surface area (TPSA) is 73.8 Å². The molecule has 4 aromatic rings. The molecule has 0 radical (unpaired) electrons. The Balaban J connectivity index is 1.59. The van der Waals surface area contributed by atoms with Crippen molar-refractivity contribution >= 4 is 11.0 Å². The molecule has 140 valence electrons. The molecule has 5 rings (SSSR count). The Morgan fingerprint density at radius 1 is 0.893 bits per heavy atom. The fourth-order valence-electron chi connectivity index (χ4n) is 4.14. The molecule has 0 aliphatic carbocycles. The summed E-state index contributed by atoms with van der Waals surface area (Å²) in [6.07, 6.45) is 8.96. The molecule has 1 saturated heterocycles. The zero-order chi connectivity index (χ0) is 19.0. The van der Waals surface area contributed by atoms with E-state index in [1.165, 1.54) is 0 Å². The lowest BCUT2D eigenvalue weighted by molar-refractivity contribution is 0.00595. The maximum atomic E-state index is 11.0. The van der Waals surface area contributed by atoms with Crippen molar-refractivity contribution in [3.63, 3.8) is 0 Å². The molecule has 0 amide bonds. The van der Waals surface area contributed by atoms with Crippen molar-refractivity contribution in [1.29, 1.82) is 0 Å². The largest absolute Gasteiger partial charge is 0.385 e. The summed E-state index contributed by atoms with van der Waals surface area (Å²) in [5, 5.41) is 15.4. The van der Waals surface area contributed by atoms with Gasteiger partial charge in [-0.15, -0.1) is 0 Å². The van der Waals surface area contributed by atoms with Gasteiger partial charge in [0, 0.05) is 41.3 Å². The summed E-state index contributed by atoms with van der Waals surface area (Å²) < 4.78 is 0. The number of H-pyrrole nitrogens is 1.